The first-order valence-corrected chi connectivity index (χ1v) is 4.46. The lowest BCUT2D eigenvalue weighted by atomic mass is 10.7. The van der Waals surface area contributed by atoms with Gasteiger partial charge in [0.25, 0.3) is 6.29 Å². The summed E-state index contributed by atoms with van der Waals surface area (Å²) in [4.78, 5) is 10.2. The summed E-state index contributed by atoms with van der Waals surface area (Å²) in [5.74, 6) is 0. The molecular weight excluding hydrogens is 233 g/mol. The fourth-order valence-corrected chi connectivity index (χ4v) is 1.04. The fraction of sp³-hybridized carbons (Fsp3) is 0.750. The smallest absolute Gasteiger partial charge is 0.427 e. The van der Waals surface area contributed by atoms with Gasteiger partial charge in [-0.25, -0.2) is 8.98 Å². The Labute approximate surface area is 75.7 Å². The van der Waals surface area contributed by atoms with E-state index >= 15 is 0 Å². The molecule has 0 aromatic heterocycles. The van der Waals surface area contributed by atoms with Gasteiger partial charge in [-0.15, -0.1) is 0 Å². The lowest BCUT2D eigenvalue weighted by Gasteiger charge is -2.10. The molecule has 1 unspecified atom stereocenters. The molecule has 0 aromatic carbocycles. The van der Waals surface area contributed by atoms with Gasteiger partial charge in [-0.1, -0.05) is 0 Å². The van der Waals surface area contributed by atoms with Crippen molar-refractivity contribution in [3.8, 4) is 0 Å². The van der Waals surface area contributed by atoms with Gasteiger partial charge in [-0.3, -0.25) is 0 Å². The molecule has 0 radical (unpaired) electrons. The molecular formula is C4H3F3O6S. The molecule has 1 heterocycles. The van der Waals surface area contributed by atoms with E-state index in [1.165, 1.54) is 0 Å². The minimum absolute atomic E-state index is 0.700. The average Bonchev–Trinajstić information content (AvgIpc) is 2.31. The van der Waals surface area contributed by atoms with Crippen molar-refractivity contribution >= 4 is 16.3 Å². The number of ether oxygens (including phenoxy) is 2. The van der Waals surface area contributed by atoms with Crippen molar-refractivity contribution < 1.29 is 40.0 Å². The number of halogens is 3. The predicted molar refractivity (Wildman–Crippen MR) is 32.3 cm³/mol. The Kier molecular flexibility index (Phi) is 2.58. The van der Waals surface area contributed by atoms with Crippen LogP contribution in [0, 0.1) is 0 Å². The Morgan fingerprint density at radius 2 is 2.00 bits per heavy atom. The van der Waals surface area contributed by atoms with Crippen LogP contribution in [0.3, 0.4) is 0 Å². The zero-order valence-electron chi connectivity index (χ0n) is 6.28. The highest BCUT2D eigenvalue weighted by Gasteiger charge is 2.50. The van der Waals surface area contributed by atoms with Crippen molar-refractivity contribution in [2.75, 3.05) is 6.61 Å². The Balaban J connectivity index is 2.65. The molecule has 14 heavy (non-hydrogen) atoms. The van der Waals surface area contributed by atoms with E-state index in [0.717, 1.165) is 0 Å². The van der Waals surface area contributed by atoms with Crippen molar-refractivity contribution in [2.45, 2.75) is 11.8 Å². The molecule has 0 aromatic rings. The number of cyclic esters (lactones) is 2. The summed E-state index contributed by atoms with van der Waals surface area (Å²) < 4.78 is 67.2. The number of hydrogen-bond donors (Lipinski definition) is 0. The fourth-order valence-electron chi connectivity index (χ4n) is 0.555. The molecule has 0 saturated carbocycles. The largest absolute Gasteiger partial charge is 0.523 e. The molecule has 0 N–H and O–H groups in total. The highest BCUT2D eigenvalue weighted by atomic mass is 32.2. The summed E-state index contributed by atoms with van der Waals surface area (Å²) in [6.07, 6.45) is -3.17. The van der Waals surface area contributed by atoms with Crippen molar-refractivity contribution in [1.82, 2.24) is 0 Å². The molecule has 0 bridgehead atoms. The van der Waals surface area contributed by atoms with E-state index in [1.54, 1.807) is 0 Å². The first-order chi connectivity index (χ1) is 6.22. The third-order valence-corrected chi connectivity index (χ3v) is 2.12. The zero-order valence-corrected chi connectivity index (χ0v) is 7.09. The van der Waals surface area contributed by atoms with Crippen LogP contribution in [-0.4, -0.2) is 33.0 Å². The SMILES string of the molecule is O=C1OCC(OS(=O)(=O)C(F)(F)F)O1. The summed E-state index contributed by atoms with van der Waals surface area (Å²) in [7, 11) is -5.76. The van der Waals surface area contributed by atoms with Crippen LogP contribution in [0.1, 0.15) is 0 Å². The molecule has 1 rings (SSSR count). The second-order valence-electron chi connectivity index (χ2n) is 2.10. The Bertz CT molecular complexity index is 331. The maximum absolute atomic E-state index is 11.7. The maximum atomic E-state index is 11.7. The molecule has 6 nitrogen and oxygen atoms in total. The third-order valence-electron chi connectivity index (χ3n) is 1.08. The van der Waals surface area contributed by atoms with E-state index < -0.39 is 34.7 Å². The molecule has 1 atom stereocenters. The highest BCUT2D eigenvalue weighted by molar-refractivity contribution is 7.87. The van der Waals surface area contributed by atoms with Crippen LogP contribution >= 0.6 is 0 Å². The van der Waals surface area contributed by atoms with Gasteiger partial charge >= 0.3 is 21.8 Å². The van der Waals surface area contributed by atoms with E-state index in [4.69, 9.17) is 0 Å². The van der Waals surface area contributed by atoms with E-state index in [9.17, 15) is 26.4 Å². The standard InChI is InChI=1S/C4H3F3O6S/c5-4(6,7)14(9,10)13-2-1-11-3(8)12-2/h2H,1H2. The van der Waals surface area contributed by atoms with Gasteiger partial charge in [0, 0.05) is 0 Å². The van der Waals surface area contributed by atoms with Crippen LogP contribution < -0.4 is 0 Å². The molecule has 0 spiro atoms. The lowest BCUT2D eigenvalue weighted by molar-refractivity contribution is -0.0717. The van der Waals surface area contributed by atoms with E-state index in [1.807, 2.05) is 0 Å². The Hall–Kier alpha value is -1.03. The summed E-state index contributed by atoms with van der Waals surface area (Å²) in [5.41, 5.74) is -5.55. The van der Waals surface area contributed by atoms with E-state index in [2.05, 4.69) is 13.7 Å². The molecule has 82 valence electrons. The third kappa shape index (κ3) is 2.26. The number of hydrogen-bond acceptors (Lipinski definition) is 6. The summed E-state index contributed by atoms with van der Waals surface area (Å²) in [5, 5.41) is 0. The number of carbonyl (C=O) groups excluding carboxylic acids is 1. The molecule has 10 heteroatoms. The molecule has 0 amide bonds. The van der Waals surface area contributed by atoms with Crippen LogP contribution in [0.2, 0.25) is 0 Å². The summed E-state index contributed by atoms with van der Waals surface area (Å²) in [6, 6.07) is 0. The normalized spacial score (nSPS) is 23.1. The van der Waals surface area contributed by atoms with Gasteiger partial charge in [-0.2, -0.15) is 21.6 Å². The minimum Gasteiger partial charge on any atom is -0.427 e. The molecule has 1 aliphatic rings. The highest BCUT2D eigenvalue weighted by Crippen LogP contribution is 2.26. The van der Waals surface area contributed by atoms with Gasteiger partial charge in [0.05, 0.1) is 0 Å². The second-order valence-corrected chi connectivity index (χ2v) is 3.67. The molecule has 0 aliphatic carbocycles. The van der Waals surface area contributed by atoms with Crippen molar-refractivity contribution in [1.29, 1.82) is 0 Å². The van der Waals surface area contributed by atoms with Crippen molar-refractivity contribution in [2.24, 2.45) is 0 Å². The maximum Gasteiger partial charge on any atom is 0.523 e. The first kappa shape index (κ1) is 11.0. The average molecular weight is 236 g/mol. The number of rotatable bonds is 2. The number of carbonyl (C=O) groups is 1. The van der Waals surface area contributed by atoms with E-state index in [0.29, 0.717) is 0 Å². The van der Waals surface area contributed by atoms with Gasteiger partial charge < -0.3 is 9.47 Å². The monoisotopic (exact) mass is 236 g/mol. The summed E-state index contributed by atoms with van der Waals surface area (Å²) >= 11 is 0. The Morgan fingerprint density at radius 1 is 1.43 bits per heavy atom. The Morgan fingerprint density at radius 3 is 2.36 bits per heavy atom. The van der Waals surface area contributed by atoms with Crippen LogP contribution in [0.25, 0.3) is 0 Å². The second kappa shape index (κ2) is 3.28. The topological polar surface area (TPSA) is 78.9 Å². The van der Waals surface area contributed by atoms with Gasteiger partial charge in [0.2, 0.25) is 0 Å². The van der Waals surface area contributed by atoms with Crippen molar-refractivity contribution in [3.63, 3.8) is 0 Å². The predicted octanol–water partition coefficient (Wildman–Crippen LogP) is 0.345. The van der Waals surface area contributed by atoms with Crippen LogP contribution in [-0.2, 0) is 23.8 Å². The first-order valence-electron chi connectivity index (χ1n) is 3.05. The molecule has 1 fully saturated rings. The van der Waals surface area contributed by atoms with Crippen LogP contribution in [0.4, 0.5) is 18.0 Å². The van der Waals surface area contributed by atoms with Crippen LogP contribution in [0.15, 0.2) is 0 Å². The van der Waals surface area contributed by atoms with Gasteiger partial charge in [0.1, 0.15) is 0 Å². The van der Waals surface area contributed by atoms with E-state index in [-0.39, 0.29) is 0 Å². The number of alkyl halides is 3. The molecule has 1 saturated heterocycles. The van der Waals surface area contributed by atoms with Gasteiger partial charge in [0.15, 0.2) is 6.61 Å². The quantitative estimate of drug-likeness (QED) is 0.391. The van der Waals surface area contributed by atoms with Crippen molar-refractivity contribution in [3.05, 3.63) is 0 Å². The minimum atomic E-state index is -5.76. The zero-order chi connectivity index (χ0) is 11.0. The molecule has 1 aliphatic heterocycles. The van der Waals surface area contributed by atoms with Gasteiger partial charge in [-0.05, 0) is 0 Å². The van der Waals surface area contributed by atoms with Crippen LogP contribution in [0.5, 0.6) is 0 Å². The lowest BCUT2D eigenvalue weighted by Crippen LogP contribution is -2.31. The summed E-state index contributed by atoms with van der Waals surface area (Å²) in [6.45, 7) is -0.700.